The van der Waals surface area contributed by atoms with Crippen LogP contribution in [-0.2, 0) is 18.4 Å². The zero-order valence-electron chi connectivity index (χ0n) is 19.3. The van der Waals surface area contributed by atoms with Crippen LogP contribution in [-0.4, -0.2) is 26.7 Å². The summed E-state index contributed by atoms with van der Waals surface area (Å²) in [6, 6.07) is 16.4. The second-order valence-corrected chi connectivity index (χ2v) is 8.59. The van der Waals surface area contributed by atoms with E-state index in [0.29, 0.717) is 12.0 Å². The van der Waals surface area contributed by atoms with Crippen LogP contribution in [0.2, 0.25) is 0 Å². The average molecular weight is 462 g/mol. The Labute approximate surface area is 197 Å². The number of alkyl carbamates (subject to hydrolysis) is 1. The Morgan fingerprint density at radius 3 is 2.53 bits per heavy atom. The summed E-state index contributed by atoms with van der Waals surface area (Å²) in [6.45, 7) is 4.11. The molecule has 2 heterocycles. The van der Waals surface area contributed by atoms with Crippen molar-refractivity contribution in [1.82, 2.24) is 14.9 Å². The van der Waals surface area contributed by atoms with Gasteiger partial charge in [-0.3, -0.25) is 0 Å². The van der Waals surface area contributed by atoms with E-state index in [4.69, 9.17) is 9.15 Å². The Balaban J connectivity index is 1.64. The second kappa shape index (κ2) is 9.82. The number of carboxylic acid groups (broad SMARTS) is 1. The molecule has 2 aromatic heterocycles. The van der Waals surface area contributed by atoms with Crippen LogP contribution in [0, 0.1) is 5.92 Å². The molecule has 0 radical (unpaired) electrons. The van der Waals surface area contributed by atoms with Gasteiger partial charge in [0.05, 0.1) is 0 Å². The summed E-state index contributed by atoms with van der Waals surface area (Å²) < 4.78 is 13.3. The monoisotopic (exact) mass is 461 g/mol. The number of hydrogen-bond donors (Lipinski definition) is 2. The lowest BCUT2D eigenvalue weighted by molar-refractivity contribution is 0.0691. The summed E-state index contributed by atoms with van der Waals surface area (Å²) in [5.74, 6) is -0.730. The largest absolute Gasteiger partial charge is 0.476 e. The lowest BCUT2D eigenvalue weighted by Crippen LogP contribution is -2.30. The van der Waals surface area contributed by atoms with Crippen molar-refractivity contribution < 1.29 is 23.8 Å². The molecule has 1 atom stereocenters. The summed E-state index contributed by atoms with van der Waals surface area (Å²) in [5, 5.41) is 13.5. The van der Waals surface area contributed by atoms with Crippen LogP contribution in [0.4, 0.5) is 4.79 Å². The molecule has 0 saturated carbocycles. The van der Waals surface area contributed by atoms with Crippen LogP contribution in [0.25, 0.3) is 22.2 Å². The number of carboxylic acids is 1. The molecule has 0 fully saturated rings. The quantitative estimate of drug-likeness (QED) is 0.357. The molecule has 0 unspecified atom stereocenters. The van der Waals surface area contributed by atoms with Crippen molar-refractivity contribution in [2.75, 3.05) is 0 Å². The van der Waals surface area contributed by atoms with E-state index in [1.165, 1.54) is 0 Å². The van der Waals surface area contributed by atoms with E-state index in [2.05, 4.69) is 10.3 Å². The highest BCUT2D eigenvalue weighted by Crippen LogP contribution is 2.35. The minimum atomic E-state index is -1.20. The number of aromatic nitrogens is 2. The standard InChI is InChI=1S/C26H27N3O5/c1-16(2)13-20(27-26(32)33-15-17-9-5-4-6-10-17)24-28-22(25(30)31)23(34-24)19-14-29(3)21-12-8-7-11-18(19)21/h4-12,14,16,20H,13,15H2,1-3H3,(H,27,32)(H,30,31)/t20-/m0/s1. The number of nitrogens with one attached hydrogen (secondary N) is 1. The first-order valence-corrected chi connectivity index (χ1v) is 11.1. The number of nitrogens with zero attached hydrogens (tertiary/aromatic N) is 2. The predicted molar refractivity (Wildman–Crippen MR) is 127 cm³/mol. The summed E-state index contributed by atoms with van der Waals surface area (Å²) in [7, 11) is 1.88. The van der Waals surface area contributed by atoms with E-state index >= 15 is 0 Å². The third-order valence-electron chi connectivity index (χ3n) is 5.50. The van der Waals surface area contributed by atoms with E-state index in [0.717, 1.165) is 16.5 Å². The van der Waals surface area contributed by atoms with E-state index in [1.807, 2.05) is 86.3 Å². The maximum absolute atomic E-state index is 12.5. The van der Waals surface area contributed by atoms with Crippen LogP contribution >= 0.6 is 0 Å². The number of aryl methyl sites for hydroxylation is 1. The molecular formula is C26H27N3O5. The maximum Gasteiger partial charge on any atom is 0.408 e. The first kappa shape index (κ1) is 23.1. The molecule has 0 saturated heterocycles. The lowest BCUT2D eigenvalue weighted by atomic mass is 10.0. The number of hydrogen-bond acceptors (Lipinski definition) is 5. The highest BCUT2D eigenvalue weighted by atomic mass is 16.5. The van der Waals surface area contributed by atoms with Gasteiger partial charge in [0.15, 0.2) is 11.5 Å². The molecule has 8 heteroatoms. The molecule has 0 aliphatic carbocycles. The number of aromatic carboxylic acids is 1. The van der Waals surface area contributed by atoms with Gasteiger partial charge in [0, 0.05) is 29.7 Å². The number of rotatable bonds is 8. The summed E-state index contributed by atoms with van der Waals surface area (Å²) in [6.07, 6.45) is 1.69. The first-order chi connectivity index (χ1) is 16.3. The van der Waals surface area contributed by atoms with Crippen LogP contribution in [0.15, 0.2) is 65.2 Å². The van der Waals surface area contributed by atoms with Gasteiger partial charge in [-0.1, -0.05) is 62.4 Å². The zero-order valence-corrected chi connectivity index (χ0v) is 19.3. The van der Waals surface area contributed by atoms with E-state index in [9.17, 15) is 14.7 Å². The fourth-order valence-electron chi connectivity index (χ4n) is 3.94. The smallest absolute Gasteiger partial charge is 0.408 e. The number of fused-ring (bicyclic) bond motifs is 1. The minimum absolute atomic E-state index is 0.119. The van der Waals surface area contributed by atoms with Gasteiger partial charge >= 0.3 is 12.1 Å². The van der Waals surface area contributed by atoms with Crippen molar-refractivity contribution in [2.24, 2.45) is 13.0 Å². The van der Waals surface area contributed by atoms with Gasteiger partial charge < -0.3 is 24.1 Å². The molecule has 176 valence electrons. The van der Waals surface area contributed by atoms with E-state index in [1.54, 1.807) is 0 Å². The molecule has 0 aliphatic rings. The highest BCUT2D eigenvalue weighted by Gasteiger charge is 2.29. The molecule has 34 heavy (non-hydrogen) atoms. The van der Waals surface area contributed by atoms with Crippen LogP contribution in [0.5, 0.6) is 0 Å². The number of carbonyl (C=O) groups excluding carboxylic acids is 1. The molecule has 1 amide bonds. The SMILES string of the molecule is CC(C)C[C@H](NC(=O)OCc1ccccc1)c1nc(C(=O)O)c(-c2cn(C)c3ccccc23)o1. The van der Waals surface area contributed by atoms with Crippen LogP contribution in [0.3, 0.4) is 0 Å². The van der Waals surface area contributed by atoms with Crippen LogP contribution in [0.1, 0.15) is 48.3 Å². The van der Waals surface area contributed by atoms with Crippen molar-refractivity contribution in [1.29, 1.82) is 0 Å². The Bertz CT molecular complexity index is 1310. The van der Waals surface area contributed by atoms with Gasteiger partial charge in [0.25, 0.3) is 0 Å². The Hall–Kier alpha value is -4.07. The topological polar surface area (TPSA) is 107 Å². The number of oxazole rings is 1. The zero-order chi connectivity index (χ0) is 24.2. The molecule has 4 aromatic rings. The number of ether oxygens (including phenoxy) is 1. The Morgan fingerprint density at radius 1 is 1.12 bits per heavy atom. The maximum atomic E-state index is 12.5. The fourth-order valence-corrected chi connectivity index (χ4v) is 3.94. The average Bonchev–Trinajstić information content (AvgIpc) is 3.40. The Kier molecular flexibility index (Phi) is 6.67. The van der Waals surface area contributed by atoms with Crippen molar-refractivity contribution >= 4 is 23.0 Å². The molecule has 2 aromatic carbocycles. The van der Waals surface area contributed by atoms with Gasteiger partial charge in [-0.15, -0.1) is 0 Å². The summed E-state index contributed by atoms with van der Waals surface area (Å²) in [5.41, 5.74) is 2.23. The Morgan fingerprint density at radius 2 is 1.82 bits per heavy atom. The number of carbonyl (C=O) groups is 2. The van der Waals surface area contributed by atoms with Crippen molar-refractivity contribution in [3.8, 4) is 11.3 Å². The molecule has 0 spiro atoms. The molecule has 4 rings (SSSR count). The third-order valence-corrected chi connectivity index (χ3v) is 5.50. The number of benzene rings is 2. The lowest BCUT2D eigenvalue weighted by Gasteiger charge is -2.17. The summed E-state index contributed by atoms with van der Waals surface area (Å²) >= 11 is 0. The fraction of sp³-hybridized carbons (Fsp3) is 0.269. The first-order valence-electron chi connectivity index (χ1n) is 11.1. The molecule has 2 N–H and O–H groups in total. The molecule has 8 nitrogen and oxygen atoms in total. The predicted octanol–water partition coefficient (Wildman–Crippen LogP) is 5.55. The number of amides is 1. The van der Waals surface area contributed by atoms with Gasteiger partial charge in [-0.2, -0.15) is 0 Å². The van der Waals surface area contributed by atoms with Crippen molar-refractivity contribution in [3.05, 3.63) is 77.9 Å². The van der Waals surface area contributed by atoms with Crippen molar-refractivity contribution in [3.63, 3.8) is 0 Å². The van der Waals surface area contributed by atoms with E-state index < -0.39 is 18.1 Å². The minimum Gasteiger partial charge on any atom is -0.476 e. The normalized spacial score (nSPS) is 12.1. The van der Waals surface area contributed by atoms with Crippen molar-refractivity contribution in [2.45, 2.75) is 32.9 Å². The second-order valence-electron chi connectivity index (χ2n) is 8.59. The molecule has 0 bridgehead atoms. The van der Waals surface area contributed by atoms with Gasteiger partial charge in [-0.05, 0) is 24.0 Å². The highest BCUT2D eigenvalue weighted by molar-refractivity contribution is 6.00. The summed E-state index contributed by atoms with van der Waals surface area (Å²) in [4.78, 5) is 28.9. The molecule has 0 aliphatic heterocycles. The third kappa shape index (κ3) is 4.96. The molecular weight excluding hydrogens is 434 g/mol. The van der Waals surface area contributed by atoms with Gasteiger partial charge in [-0.25, -0.2) is 14.6 Å². The number of para-hydroxylation sites is 1. The van der Waals surface area contributed by atoms with Crippen LogP contribution < -0.4 is 5.32 Å². The van der Waals surface area contributed by atoms with Gasteiger partial charge in [0.1, 0.15) is 12.6 Å². The van der Waals surface area contributed by atoms with E-state index in [-0.39, 0.29) is 29.9 Å². The van der Waals surface area contributed by atoms with Gasteiger partial charge in [0.2, 0.25) is 5.89 Å².